The Morgan fingerprint density at radius 2 is 1.13 bits per heavy atom. The van der Waals surface area contributed by atoms with Gasteiger partial charge in [-0.05, 0) is 68.0 Å². The van der Waals surface area contributed by atoms with Crippen LogP contribution in [0.3, 0.4) is 0 Å². The standard InChI is InChI=1S/C21H27N2O6P.C16H19N2O4P/c1-21(2,3)29-20(26)23-18-10-9-16(12-22-18)11-17(19(24)25)14-30(27,28)13-15-7-5-4-6-8-15;17-15-7-6-13(9-18-15)8-14(16(19)20)11-23(21,22)10-12-4-2-1-3-5-12/h4-10,12,17H,11,13-14H2,1-3H3,(H,24,25)(H,27,28)(H,22,23,26);1-7,9,14H,8,10-11H2,(H2,17,18)(H,19,20)(H,21,22). The molecule has 0 aliphatic heterocycles. The van der Waals surface area contributed by atoms with Gasteiger partial charge in [0.15, 0.2) is 0 Å². The van der Waals surface area contributed by atoms with Gasteiger partial charge in [-0.1, -0.05) is 72.8 Å². The lowest BCUT2D eigenvalue weighted by atomic mass is 10.0. The zero-order valence-electron chi connectivity index (χ0n) is 29.7. The van der Waals surface area contributed by atoms with Crippen molar-refractivity contribution in [3.63, 3.8) is 0 Å². The molecule has 53 heavy (non-hydrogen) atoms. The Kier molecular flexibility index (Phi) is 15.5. The van der Waals surface area contributed by atoms with Gasteiger partial charge in [0.2, 0.25) is 14.7 Å². The number of benzene rings is 2. The molecule has 2 aromatic heterocycles. The van der Waals surface area contributed by atoms with Gasteiger partial charge < -0.3 is 30.5 Å². The number of carbonyl (C=O) groups is 3. The summed E-state index contributed by atoms with van der Waals surface area (Å²) in [5.74, 6) is -3.61. The van der Waals surface area contributed by atoms with E-state index in [-0.39, 0.29) is 43.3 Å². The monoisotopic (exact) mass is 768 g/mol. The fourth-order valence-electron chi connectivity index (χ4n) is 5.17. The highest BCUT2D eigenvalue weighted by molar-refractivity contribution is 7.57. The molecular formula is C37H46N4O10P2. The van der Waals surface area contributed by atoms with Crippen LogP contribution in [0.15, 0.2) is 97.3 Å². The predicted molar refractivity (Wildman–Crippen MR) is 202 cm³/mol. The second-order valence-electron chi connectivity index (χ2n) is 13.6. The molecule has 4 atom stereocenters. The summed E-state index contributed by atoms with van der Waals surface area (Å²) in [6.45, 7) is 5.23. The molecule has 4 rings (SSSR count). The van der Waals surface area contributed by atoms with Crippen LogP contribution in [0.1, 0.15) is 43.0 Å². The number of rotatable bonds is 15. The van der Waals surface area contributed by atoms with E-state index in [1.54, 1.807) is 93.6 Å². The van der Waals surface area contributed by atoms with Crippen LogP contribution in [0.5, 0.6) is 0 Å². The minimum Gasteiger partial charge on any atom is -0.481 e. The summed E-state index contributed by atoms with van der Waals surface area (Å²) < 4.78 is 30.1. The van der Waals surface area contributed by atoms with Crippen molar-refractivity contribution in [2.24, 2.45) is 11.8 Å². The first kappa shape index (κ1) is 42.5. The zero-order chi connectivity index (χ0) is 39.2. The molecule has 0 spiro atoms. The van der Waals surface area contributed by atoms with E-state index in [1.807, 2.05) is 6.07 Å². The molecule has 4 aromatic rings. The summed E-state index contributed by atoms with van der Waals surface area (Å²) >= 11 is 0. The summed E-state index contributed by atoms with van der Waals surface area (Å²) in [7, 11) is -7.28. The summed E-state index contributed by atoms with van der Waals surface area (Å²) in [5, 5.41) is 21.4. The number of nitrogens with one attached hydrogen (secondary N) is 1. The van der Waals surface area contributed by atoms with Crippen LogP contribution in [-0.4, -0.2) is 65.9 Å². The van der Waals surface area contributed by atoms with E-state index < -0.39 is 50.2 Å². The minimum atomic E-state index is -3.68. The molecule has 4 unspecified atom stereocenters. The Morgan fingerprint density at radius 3 is 1.49 bits per heavy atom. The van der Waals surface area contributed by atoms with E-state index in [4.69, 9.17) is 10.5 Å². The molecule has 0 bridgehead atoms. The second kappa shape index (κ2) is 19.3. The molecule has 284 valence electrons. The van der Waals surface area contributed by atoms with Crippen molar-refractivity contribution in [3.8, 4) is 0 Å². The topological polar surface area (TPSA) is 239 Å². The van der Waals surface area contributed by atoms with E-state index in [2.05, 4.69) is 15.3 Å². The van der Waals surface area contributed by atoms with Gasteiger partial charge in [0.25, 0.3) is 0 Å². The molecule has 1 amide bonds. The van der Waals surface area contributed by atoms with E-state index >= 15 is 0 Å². The van der Waals surface area contributed by atoms with Gasteiger partial charge in [-0.15, -0.1) is 0 Å². The number of aromatic nitrogens is 2. The molecule has 0 aliphatic carbocycles. The number of pyridine rings is 2. The molecule has 2 heterocycles. The van der Waals surface area contributed by atoms with E-state index in [9.17, 15) is 43.5 Å². The number of carboxylic acid groups (broad SMARTS) is 2. The number of carbonyl (C=O) groups excluding carboxylic acids is 1. The number of aliphatic carboxylic acids is 2. The number of carboxylic acids is 2. The van der Waals surface area contributed by atoms with Crippen LogP contribution >= 0.6 is 14.7 Å². The van der Waals surface area contributed by atoms with Gasteiger partial charge in [0, 0.05) is 37.0 Å². The van der Waals surface area contributed by atoms with Crippen molar-refractivity contribution in [2.45, 2.75) is 51.5 Å². The lowest BCUT2D eigenvalue weighted by Crippen LogP contribution is -2.27. The van der Waals surface area contributed by atoms with Crippen molar-refractivity contribution in [1.82, 2.24) is 9.97 Å². The minimum absolute atomic E-state index is 0.0302. The molecule has 7 N–H and O–H groups in total. The van der Waals surface area contributed by atoms with Crippen LogP contribution in [0, 0.1) is 11.8 Å². The van der Waals surface area contributed by atoms with Crippen molar-refractivity contribution in [2.75, 3.05) is 23.4 Å². The normalized spacial score (nSPS) is 14.6. The number of nitrogen functional groups attached to an aromatic ring is 1. The Bertz CT molecular complexity index is 1890. The summed E-state index contributed by atoms with van der Waals surface area (Å²) in [4.78, 5) is 63.3. The Balaban J connectivity index is 0.000000295. The molecule has 0 radical (unpaired) electrons. The third-order valence-corrected chi connectivity index (χ3v) is 11.3. The van der Waals surface area contributed by atoms with E-state index in [0.717, 1.165) is 5.56 Å². The highest BCUT2D eigenvalue weighted by atomic mass is 31.2. The van der Waals surface area contributed by atoms with Gasteiger partial charge in [0.05, 0.1) is 11.8 Å². The van der Waals surface area contributed by atoms with Crippen molar-refractivity contribution >= 4 is 44.4 Å². The van der Waals surface area contributed by atoms with Gasteiger partial charge in [-0.25, -0.2) is 14.8 Å². The molecule has 2 aromatic carbocycles. The van der Waals surface area contributed by atoms with E-state index in [1.165, 1.54) is 18.5 Å². The van der Waals surface area contributed by atoms with E-state index in [0.29, 0.717) is 22.5 Å². The van der Waals surface area contributed by atoms with Crippen LogP contribution in [0.4, 0.5) is 16.4 Å². The first-order valence-electron chi connectivity index (χ1n) is 16.6. The number of nitrogens with two attached hydrogens (primary N) is 1. The Morgan fingerprint density at radius 1 is 0.698 bits per heavy atom. The Hall–Kier alpha value is -4.87. The maximum Gasteiger partial charge on any atom is 0.413 e. The molecule has 0 fully saturated rings. The van der Waals surface area contributed by atoms with Gasteiger partial charge >= 0.3 is 18.0 Å². The average molecular weight is 769 g/mol. The first-order chi connectivity index (χ1) is 24.8. The van der Waals surface area contributed by atoms with Gasteiger partial charge in [-0.2, -0.15) is 0 Å². The quantitative estimate of drug-likeness (QED) is 0.0707. The molecule has 16 heteroatoms. The van der Waals surface area contributed by atoms with Crippen molar-refractivity contribution in [3.05, 3.63) is 120 Å². The number of hydrogen-bond donors (Lipinski definition) is 6. The molecule has 14 nitrogen and oxygen atoms in total. The summed E-state index contributed by atoms with van der Waals surface area (Å²) in [6, 6.07) is 24.1. The highest BCUT2D eigenvalue weighted by Gasteiger charge is 2.30. The fourth-order valence-corrected chi connectivity index (χ4v) is 8.94. The van der Waals surface area contributed by atoms with Crippen molar-refractivity contribution in [1.29, 1.82) is 0 Å². The largest absolute Gasteiger partial charge is 0.481 e. The number of nitrogens with zero attached hydrogens (tertiary/aromatic N) is 2. The lowest BCUT2D eigenvalue weighted by Gasteiger charge is -2.19. The molecular weight excluding hydrogens is 722 g/mol. The third kappa shape index (κ3) is 16.6. The zero-order valence-corrected chi connectivity index (χ0v) is 31.5. The molecule has 0 aliphatic rings. The number of anilines is 2. The van der Waals surface area contributed by atoms with Crippen LogP contribution < -0.4 is 11.1 Å². The van der Waals surface area contributed by atoms with Crippen LogP contribution in [0.25, 0.3) is 0 Å². The average Bonchev–Trinajstić information content (AvgIpc) is 3.05. The molecule has 0 saturated carbocycles. The van der Waals surface area contributed by atoms with Crippen LogP contribution in [0.2, 0.25) is 0 Å². The number of ether oxygens (including phenoxy) is 1. The molecule has 0 saturated heterocycles. The maximum absolute atomic E-state index is 12.6. The highest BCUT2D eigenvalue weighted by Crippen LogP contribution is 2.47. The number of amides is 1. The lowest BCUT2D eigenvalue weighted by molar-refractivity contribution is -0.141. The Labute approximate surface area is 308 Å². The number of hydrogen-bond acceptors (Lipinski definition) is 9. The van der Waals surface area contributed by atoms with Gasteiger partial charge in [0.1, 0.15) is 17.2 Å². The maximum atomic E-state index is 12.6. The predicted octanol–water partition coefficient (Wildman–Crippen LogP) is 6.52. The third-order valence-electron chi connectivity index (χ3n) is 7.52. The first-order valence-corrected chi connectivity index (χ1v) is 20.7. The smallest absolute Gasteiger partial charge is 0.413 e. The SMILES string of the molecule is CC(C)(C)OC(=O)Nc1ccc(CC(CP(=O)(O)Cc2ccccc2)C(=O)O)cn1.Nc1ccc(CC(CP(=O)(O)Cc2ccccc2)C(=O)O)cn1. The van der Waals surface area contributed by atoms with Gasteiger partial charge in [-0.3, -0.25) is 24.0 Å². The second-order valence-corrected chi connectivity index (χ2v) is 18.3. The fraction of sp³-hybridized carbons (Fsp3) is 0.324. The van der Waals surface area contributed by atoms with Crippen molar-refractivity contribution < 1.29 is 48.3 Å². The summed E-state index contributed by atoms with van der Waals surface area (Å²) in [5.41, 5.74) is 7.51. The van der Waals surface area contributed by atoms with Crippen LogP contribution in [-0.2, 0) is 48.6 Å². The summed E-state index contributed by atoms with van der Waals surface area (Å²) in [6.07, 6.45) is 1.75.